The molecule has 4 nitrogen and oxygen atoms in total. The van der Waals surface area contributed by atoms with Crippen molar-refractivity contribution in [2.24, 2.45) is 5.92 Å². The molecular weight excluding hydrogens is 444 g/mol. The molecule has 7 heteroatoms. The number of alkyl halides is 2. The smallest absolute Gasteiger partial charge is 0.335 e. The molecule has 0 bridgehead atoms. The quantitative estimate of drug-likeness (QED) is 0.506. The molecule has 3 aromatic rings. The Balaban J connectivity index is 1.67. The number of esters is 1. The second kappa shape index (κ2) is 9.27. The average Bonchev–Trinajstić information content (AvgIpc) is 2.83. The van der Waals surface area contributed by atoms with E-state index in [2.05, 4.69) is 5.32 Å². The van der Waals surface area contributed by atoms with Crippen molar-refractivity contribution in [3.05, 3.63) is 101 Å². The number of allylic oxidation sites excluding steroid dienone is 2. The summed E-state index contributed by atoms with van der Waals surface area (Å²) in [6.45, 7) is 1.92. The molecule has 3 aromatic carbocycles. The number of carbonyl (C=O) groups excluding carboxylic acids is 1. The number of aryl methyl sites for hydroxylation is 1. The van der Waals surface area contributed by atoms with Crippen LogP contribution in [0.4, 0.5) is 8.78 Å². The molecule has 0 radical (unpaired) electrons. The first-order chi connectivity index (χ1) is 15.8. The van der Waals surface area contributed by atoms with Gasteiger partial charge in [0.2, 0.25) is 0 Å². The molecular formula is C26H23F2NO3S. The van der Waals surface area contributed by atoms with Crippen molar-refractivity contribution in [2.75, 3.05) is 12.9 Å². The first kappa shape index (κ1) is 22.9. The lowest BCUT2D eigenvalue weighted by atomic mass is 9.93. The van der Waals surface area contributed by atoms with Crippen LogP contribution in [0.5, 0.6) is 0 Å². The van der Waals surface area contributed by atoms with Crippen LogP contribution in [0.25, 0.3) is 10.8 Å². The maximum Gasteiger partial charge on any atom is 0.335 e. The standard InChI is InChI=1S/C26H23F2NO3S/c1-17-7-11-22(12-8-17)33(31)16-20-14-24(29-15-23(20)25(30)32-2)26(27,28)21-10-9-18-5-3-4-6-19(18)13-21/h3-15,20,29H,16H2,1-2H3/t20-,33?/m1/s1. The molecule has 170 valence electrons. The Morgan fingerprint density at radius 3 is 2.45 bits per heavy atom. The first-order valence-corrected chi connectivity index (χ1v) is 11.7. The summed E-state index contributed by atoms with van der Waals surface area (Å²) in [7, 11) is -0.277. The van der Waals surface area contributed by atoms with E-state index < -0.39 is 28.6 Å². The minimum Gasteiger partial charge on any atom is -0.466 e. The predicted octanol–water partition coefficient (Wildman–Crippen LogP) is 5.21. The summed E-state index contributed by atoms with van der Waals surface area (Å²) >= 11 is 0. The molecule has 0 spiro atoms. The van der Waals surface area contributed by atoms with Gasteiger partial charge < -0.3 is 10.1 Å². The maximum atomic E-state index is 15.5. The van der Waals surface area contributed by atoms with Gasteiger partial charge in [0.25, 0.3) is 0 Å². The Hall–Kier alpha value is -3.32. The molecule has 1 unspecified atom stereocenters. The van der Waals surface area contributed by atoms with Crippen LogP contribution in [0.3, 0.4) is 0 Å². The van der Waals surface area contributed by atoms with Gasteiger partial charge in [0.15, 0.2) is 0 Å². The van der Waals surface area contributed by atoms with Crippen molar-refractivity contribution in [1.82, 2.24) is 5.32 Å². The second-order valence-electron chi connectivity index (χ2n) is 7.88. The van der Waals surface area contributed by atoms with E-state index in [1.165, 1.54) is 31.5 Å². The summed E-state index contributed by atoms with van der Waals surface area (Å²) in [5.74, 6) is -4.82. The number of rotatable bonds is 6. The highest BCUT2D eigenvalue weighted by Crippen LogP contribution is 2.38. The number of halogens is 2. The van der Waals surface area contributed by atoms with E-state index in [4.69, 9.17) is 4.74 Å². The van der Waals surface area contributed by atoms with Crippen LogP contribution >= 0.6 is 0 Å². The Morgan fingerprint density at radius 1 is 1.06 bits per heavy atom. The molecule has 2 atom stereocenters. The largest absolute Gasteiger partial charge is 0.466 e. The maximum absolute atomic E-state index is 15.5. The zero-order valence-electron chi connectivity index (χ0n) is 18.2. The Labute approximate surface area is 193 Å². The van der Waals surface area contributed by atoms with Crippen molar-refractivity contribution < 1.29 is 22.5 Å². The van der Waals surface area contributed by atoms with E-state index in [0.717, 1.165) is 10.9 Å². The van der Waals surface area contributed by atoms with Crippen molar-refractivity contribution in [1.29, 1.82) is 0 Å². The van der Waals surface area contributed by atoms with E-state index in [1.807, 2.05) is 31.2 Å². The van der Waals surface area contributed by atoms with Gasteiger partial charge >= 0.3 is 11.9 Å². The van der Waals surface area contributed by atoms with Crippen LogP contribution in [0.1, 0.15) is 11.1 Å². The van der Waals surface area contributed by atoms with Crippen LogP contribution in [0, 0.1) is 12.8 Å². The number of dihydropyridines is 1. The van der Waals surface area contributed by atoms with Crippen molar-refractivity contribution in [3.63, 3.8) is 0 Å². The summed E-state index contributed by atoms with van der Waals surface area (Å²) in [4.78, 5) is 12.8. The van der Waals surface area contributed by atoms with Crippen LogP contribution in [-0.2, 0) is 26.3 Å². The number of fused-ring (bicyclic) bond motifs is 1. The van der Waals surface area contributed by atoms with Gasteiger partial charge in [-0.15, -0.1) is 0 Å². The number of benzene rings is 3. The van der Waals surface area contributed by atoms with E-state index in [1.54, 1.807) is 30.3 Å². The topological polar surface area (TPSA) is 55.4 Å². The molecule has 0 amide bonds. The van der Waals surface area contributed by atoms with E-state index in [9.17, 15) is 9.00 Å². The highest BCUT2D eigenvalue weighted by Gasteiger charge is 2.40. The first-order valence-electron chi connectivity index (χ1n) is 10.4. The number of hydrogen-bond acceptors (Lipinski definition) is 4. The fraction of sp³-hybridized carbons (Fsp3) is 0.192. The molecule has 0 aliphatic carbocycles. The molecule has 0 fully saturated rings. The molecule has 0 aromatic heterocycles. The third-order valence-corrected chi connectivity index (χ3v) is 7.10. The van der Waals surface area contributed by atoms with Crippen LogP contribution in [-0.4, -0.2) is 23.0 Å². The van der Waals surface area contributed by atoms with Crippen molar-refractivity contribution in [2.45, 2.75) is 17.7 Å². The summed E-state index contributed by atoms with van der Waals surface area (Å²) in [5, 5.41) is 4.14. The summed E-state index contributed by atoms with van der Waals surface area (Å²) in [5.41, 5.74) is 0.630. The minimum absolute atomic E-state index is 0.0248. The number of hydrogen-bond donors (Lipinski definition) is 1. The molecule has 0 saturated carbocycles. The van der Waals surface area contributed by atoms with Gasteiger partial charge in [0, 0.05) is 28.3 Å². The third-order valence-electron chi connectivity index (χ3n) is 5.64. The fourth-order valence-electron chi connectivity index (χ4n) is 3.75. The third kappa shape index (κ3) is 4.73. The predicted molar refractivity (Wildman–Crippen MR) is 125 cm³/mol. The zero-order valence-corrected chi connectivity index (χ0v) is 19.0. The van der Waals surface area contributed by atoms with Crippen LogP contribution in [0.15, 0.2) is 95.2 Å². The average molecular weight is 468 g/mol. The summed E-state index contributed by atoms with van der Waals surface area (Å²) in [6.07, 6.45) is 2.51. The van der Waals surface area contributed by atoms with Crippen LogP contribution < -0.4 is 5.32 Å². The number of nitrogens with one attached hydrogen (secondary N) is 1. The van der Waals surface area contributed by atoms with Crippen molar-refractivity contribution >= 4 is 27.5 Å². The van der Waals surface area contributed by atoms with Gasteiger partial charge in [0.05, 0.1) is 29.2 Å². The number of carbonyl (C=O) groups is 1. The molecule has 1 heterocycles. The zero-order chi connectivity index (χ0) is 23.6. The summed E-state index contributed by atoms with van der Waals surface area (Å²) < 4.78 is 48.8. The lowest BCUT2D eigenvalue weighted by Gasteiger charge is -2.27. The Bertz CT molecular complexity index is 1280. The highest BCUT2D eigenvalue weighted by molar-refractivity contribution is 7.85. The summed E-state index contributed by atoms with van der Waals surface area (Å²) in [6, 6.07) is 18.9. The fourth-order valence-corrected chi connectivity index (χ4v) is 4.99. The van der Waals surface area contributed by atoms with E-state index in [0.29, 0.717) is 10.3 Å². The molecule has 0 saturated heterocycles. The number of ether oxygens (including phenoxy) is 1. The minimum atomic E-state index is -3.34. The van der Waals surface area contributed by atoms with E-state index in [-0.39, 0.29) is 22.6 Å². The lowest BCUT2D eigenvalue weighted by Crippen LogP contribution is -2.33. The highest BCUT2D eigenvalue weighted by atomic mass is 32.2. The van der Waals surface area contributed by atoms with E-state index >= 15 is 8.78 Å². The normalized spacial score (nSPS) is 17.0. The molecule has 1 N–H and O–H groups in total. The SMILES string of the molecule is COC(=O)C1=CNC(C(F)(F)c2ccc3ccccc3c2)=C[C@@H]1CS(=O)c1ccc(C)cc1. The van der Waals surface area contributed by atoms with Gasteiger partial charge in [-0.1, -0.05) is 54.1 Å². The molecule has 4 rings (SSSR count). The van der Waals surface area contributed by atoms with Gasteiger partial charge in [0.1, 0.15) is 0 Å². The number of methoxy groups -OCH3 is 1. The second-order valence-corrected chi connectivity index (χ2v) is 9.38. The lowest BCUT2D eigenvalue weighted by molar-refractivity contribution is -0.136. The van der Waals surface area contributed by atoms with Crippen LogP contribution in [0.2, 0.25) is 0 Å². The van der Waals surface area contributed by atoms with Gasteiger partial charge in [-0.3, -0.25) is 4.21 Å². The van der Waals surface area contributed by atoms with Gasteiger partial charge in [-0.25, -0.2) is 4.79 Å². The Morgan fingerprint density at radius 2 is 1.76 bits per heavy atom. The van der Waals surface area contributed by atoms with Crippen molar-refractivity contribution in [3.8, 4) is 0 Å². The molecule has 1 aliphatic heterocycles. The molecule has 33 heavy (non-hydrogen) atoms. The van der Waals surface area contributed by atoms with Gasteiger partial charge in [-0.05, 0) is 42.0 Å². The molecule has 1 aliphatic rings. The monoisotopic (exact) mass is 467 g/mol. The van der Waals surface area contributed by atoms with Gasteiger partial charge in [-0.2, -0.15) is 8.78 Å². The Kier molecular flexibility index (Phi) is 6.42.